The molecular formula is C36H49N7O4S. The van der Waals surface area contributed by atoms with Crippen molar-refractivity contribution >= 4 is 45.6 Å². The summed E-state index contributed by atoms with van der Waals surface area (Å²) >= 11 is 1.74. The third-order valence-electron chi connectivity index (χ3n) is 11.8. The standard InChI is InChI=1S/C36H49N7O4S/c1-39-13-15-42(16-14-39)36-37-30(23-48-36)41-19-17-40(18-20-41)27-11-9-26(10-12-27)34(45)38-31(25-5-3-2-4-6-25)35(46)43-21-28(24-7-8-24)33-32(43)29(44)22-47-33/h9-12,23-25,28,31-33H,2-8,13-22H2,1H3,(H,38,45)/t28-,31+,32-,33-/m1/s1. The Morgan fingerprint density at radius 1 is 0.896 bits per heavy atom. The molecule has 1 aromatic heterocycles. The summed E-state index contributed by atoms with van der Waals surface area (Å²) in [4.78, 5) is 57.1. The molecule has 6 fully saturated rings. The van der Waals surface area contributed by atoms with Gasteiger partial charge in [-0.1, -0.05) is 19.3 Å². The zero-order valence-corrected chi connectivity index (χ0v) is 28.9. The van der Waals surface area contributed by atoms with Crippen LogP contribution < -0.4 is 20.0 Å². The summed E-state index contributed by atoms with van der Waals surface area (Å²) in [5.74, 6) is 1.60. The normalized spacial score (nSPS) is 27.8. The van der Waals surface area contributed by atoms with Crippen LogP contribution in [0.5, 0.6) is 0 Å². The minimum Gasteiger partial charge on any atom is -0.368 e. The predicted molar refractivity (Wildman–Crippen MR) is 187 cm³/mol. The number of benzene rings is 1. The van der Waals surface area contributed by atoms with E-state index in [1.165, 1.54) is 0 Å². The molecule has 0 bridgehead atoms. The van der Waals surface area contributed by atoms with Gasteiger partial charge in [0.15, 0.2) is 10.9 Å². The van der Waals surface area contributed by atoms with Gasteiger partial charge in [0.1, 0.15) is 24.5 Å². The molecular weight excluding hydrogens is 627 g/mol. The number of ketones is 1. The summed E-state index contributed by atoms with van der Waals surface area (Å²) in [5.41, 5.74) is 1.65. The molecule has 258 valence electrons. The minimum atomic E-state index is -0.625. The lowest BCUT2D eigenvalue weighted by molar-refractivity contribution is -0.139. The van der Waals surface area contributed by atoms with Crippen LogP contribution in [-0.4, -0.2) is 123 Å². The third-order valence-corrected chi connectivity index (χ3v) is 12.6. The molecule has 8 rings (SSSR count). The Balaban J connectivity index is 0.897. The lowest BCUT2D eigenvalue weighted by Gasteiger charge is -2.36. The van der Waals surface area contributed by atoms with E-state index in [1.54, 1.807) is 16.2 Å². The SMILES string of the molecule is CN1CCN(c2nc(N3CCN(c4ccc(C(=O)N[C@H](C(=O)N5C[C@H](C6CC6)[C@H]6OCC(=O)[C@H]65)C5CCCCC5)cc4)CC3)cs2)CC1. The van der Waals surface area contributed by atoms with Gasteiger partial charge in [0.05, 0.1) is 6.10 Å². The number of rotatable bonds is 8. The number of hydrogen-bond donors (Lipinski definition) is 1. The average molecular weight is 676 g/mol. The molecule has 1 aromatic carbocycles. The smallest absolute Gasteiger partial charge is 0.251 e. The summed E-state index contributed by atoms with van der Waals surface area (Å²) in [6.45, 7) is 8.41. The summed E-state index contributed by atoms with van der Waals surface area (Å²) in [6.07, 6.45) is 7.21. The number of anilines is 3. The molecule has 0 unspecified atom stereocenters. The number of Topliss-reactive ketones (excluding diaryl/α,β-unsaturated/α-hetero) is 1. The van der Waals surface area contributed by atoms with Crippen molar-refractivity contribution in [3.05, 3.63) is 35.2 Å². The predicted octanol–water partition coefficient (Wildman–Crippen LogP) is 3.11. The summed E-state index contributed by atoms with van der Waals surface area (Å²) in [7, 11) is 2.17. The van der Waals surface area contributed by atoms with Gasteiger partial charge in [-0.3, -0.25) is 14.4 Å². The number of carbonyl (C=O) groups is 3. The van der Waals surface area contributed by atoms with Crippen LogP contribution in [0.2, 0.25) is 0 Å². The molecule has 4 saturated heterocycles. The Kier molecular flexibility index (Phi) is 9.06. The molecule has 5 heterocycles. The van der Waals surface area contributed by atoms with Gasteiger partial charge in [0, 0.05) is 81.5 Å². The van der Waals surface area contributed by atoms with Crippen molar-refractivity contribution < 1.29 is 19.1 Å². The molecule has 6 aliphatic rings. The van der Waals surface area contributed by atoms with E-state index in [0.717, 1.165) is 114 Å². The molecule has 12 heteroatoms. The van der Waals surface area contributed by atoms with Crippen LogP contribution in [0.1, 0.15) is 55.3 Å². The number of aromatic nitrogens is 1. The van der Waals surface area contributed by atoms with Gasteiger partial charge in [-0.2, -0.15) is 0 Å². The first-order valence-electron chi connectivity index (χ1n) is 18.2. The van der Waals surface area contributed by atoms with Crippen molar-refractivity contribution in [1.82, 2.24) is 20.1 Å². The molecule has 48 heavy (non-hydrogen) atoms. The maximum absolute atomic E-state index is 14.3. The van der Waals surface area contributed by atoms with E-state index in [2.05, 4.69) is 37.3 Å². The Morgan fingerprint density at radius 3 is 2.29 bits per heavy atom. The van der Waals surface area contributed by atoms with Gasteiger partial charge >= 0.3 is 0 Å². The maximum atomic E-state index is 14.3. The number of hydrogen-bond acceptors (Lipinski definition) is 10. The van der Waals surface area contributed by atoms with E-state index in [0.29, 0.717) is 18.0 Å². The first kappa shape index (κ1) is 32.0. The average Bonchev–Trinajstić information content (AvgIpc) is 3.53. The number of thiazole rings is 1. The first-order valence-corrected chi connectivity index (χ1v) is 19.1. The Morgan fingerprint density at radius 2 is 1.58 bits per heavy atom. The maximum Gasteiger partial charge on any atom is 0.251 e. The van der Waals surface area contributed by atoms with Gasteiger partial charge in [-0.25, -0.2) is 4.98 Å². The third kappa shape index (κ3) is 6.43. The molecule has 2 aliphatic carbocycles. The summed E-state index contributed by atoms with van der Waals surface area (Å²) in [6, 6.07) is 6.68. The van der Waals surface area contributed by atoms with Crippen molar-refractivity contribution in [2.45, 2.75) is 63.1 Å². The zero-order chi connectivity index (χ0) is 32.8. The van der Waals surface area contributed by atoms with E-state index in [9.17, 15) is 14.4 Å². The van der Waals surface area contributed by atoms with Crippen molar-refractivity contribution in [2.24, 2.45) is 17.8 Å². The Labute approximate surface area is 287 Å². The van der Waals surface area contributed by atoms with Gasteiger partial charge in [0.25, 0.3) is 5.91 Å². The number of nitrogens with zero attached hydrogens (tertiary/aromatic N) is 6. The van der Waals surface area contributed by atoms with Crippen molar-refractivity contribution in [3.63, 3.8) is 0 Å². The van der Waals surface area contributed by atoms with E-state index in [1.807, 2.05) is 24.3 Å². The zero-order valence-electron chi connectivity index (χ0n) is 28.1. The number of likely N-dealkylation sites (tertiary alicyclic amines) is 1. The molecule has 0 spiro atoms. The van der Waals surface area contributed by atoms with Crippen LogP contribution in [0.3, 0.4) is 0 Å². The van der Waals surface area contributed by atoms with Crippen LogP contribution >= 0.6 is 11.3 Å². The summed E-state index contributed by atoms with van der Waals surface area (Å²) in [5, 5.41) is 6.48. The van der Waals surface area contributed by atoms with Crippen LogP contribution in [0.4, 0.5) is 16.6 Å². The van der Waals surface area contributed by atoms with Crippen LogP contribution in [0.15, 0.2) is 29.6 Å². The second-order valence-electron chi connectivity index (χ2n) is 14.8. The van der Waals surface area contributed by atoms with Crippen LogP contribution in [0, 0.1) is 17.8 Å². The van der Waals surface area contributed by atoms with Crippen molar-refractivity contribution in [1.29, 1.82) is 0 Å². The monoisotopic (exact) mass is 675 g/mol. The first-order chi connectivity index (χ1) is 23.4. The van der Waals surface area contributed by atoms with Crippen LogP contribution in [-0.2, 0) is 14.3 Å². The molecule has 1 N–H and O–H groups in total. The highest BCUT2D eigenvalue weighted by atomic mass is 32.1. The number of likely N-dealkylation sites (N-methyl/N-ethyl adjacent to an activating group) is 1. The van der Waals surface area contributed by atoms with Gasteiger partial charge in [0.2, 0.25) is 5.91 Å². The molecule has 4 atom stereocenters. The largest absolute Gasteiger partial charge is 0.368 e. The fourth-order valence-corrected chi connectivity index (χ4v) is 9.56. The fraction of sp³-hybridized carbons (Fsp3) is 0.667. The number of amides is 2. The second-order valence-corrected chi connectivity index (χ2v) is 15.7. The minimum absolute atomic E-state index is 0.00336. The molecule has 11 nitrogen and oxygen atoms in total. The number of piperazine rings is 2. The van der Waals surface area contributed by atoms with Gasteiger partial charge in [-0.15, -0.1) is 11.3 Å². The molecule has 2 aromatic rings. The van der Waals surface area contributed by atoms with E-state index < -0.39 is 12.1 Å². The number of fused-ring (bicyclic) bond motifs is 1. The van der Waals surface area contributed by atoms with E-state index in [-0.39, 0.29) is 42.1 Å². The number of nitrogens with one attached hydrogen (secondary N) is 1. The molecule has 0 radical (unpaired) electrons. The Bertz CT molecular complexity index is 1480. The lowest BCUT2D eigenvalue weighted by atomic mass is 9.83. The highest BCUT2D eigenvalue weighted by Gasteiger charge is 2.57. The van der Waals surface area contributed by atoms with E-state index >= 15 is 0 Å². The highest BCUT2D eigenvalue weighted by Crippen LogP contribution is 2.46. The number of carbonyl (C=O) groups excluding carboxylic acids is 3. The van der Waals surface area contributed by atoms with E-state index in [4.69, 9.17) is 9.72 Å². The highest BCUT2D eigenvalue weighted by molar-refractivity contribution is 7.14. The fourth-order valence-electron chi connectivity index (χ4n) is 8.67. The van der Waals surface area contributed by atoms with Crippen LogP contribution in [0.25, 0.3) is 0 Å². The van der Waals surface area contributed by atoms with Crippen molar-refractivity contribution in [3.8, 4) is 0 Å². The van der Waals surface area contributed by atoms with Gasteiger partial charge in [-0.05, 0) is 68.8 Å². The lowest BCUT2D eigenvalue weighted by Crippen LogP contribution is -2.55. The van der Waals surface area contributed by atoms with Crippen molar-refractivity contribution in [2.75, 3.05) is 87.3 Å². The van der Waals surface area contributed by atoms with Gasteiger partial charge < -0.3 is 34.6 Å². The summed E-state index contributed by atoms with van der Waals surface area (Å²) < 4.78 is 5.93. The molecule has 4 aliphatic heterocycles. The number of ether oxygens (including phenoxy) is 1. The Hall–Kier alpha value is -3.22. The topological polar surface area (TPSA) is 102 Å². The second kappa shape index (κ2) is 13.6. The molecule has 2 amide bonds. The quantitative estimate of drug-likeness (QED) is 0.453. The molecule has 2 saturated carbocycles.